The molecular formula is C36H38F2N4O6S2. The average molecular weight is 725 g/mol. The molecule has 0 unspecified atom stereocenters. The van der Waals surface area contributed by atoms with Crippen molar-refractivity contribution in [2.24, 2.45) is 0 Å². The number of anilines is 1. The van der Waals surface area contributed by atoms with Gasteiger partial charge < -0.3 is 16.0 Å². The van der Waals surface area contributed by atoms with Crippen molar-refractivity contribution in [3.05, 3.63) is 124 Å². The number of nitrogen functional groups attached to an aromatic ring is 1. The van der Waals surface area contributed by atoms with Crippen LogP contribution in [0.3, 0.4) is 0 Å². The molecule has 0 fully saturated rings. The van der Waals surface area contributed by atoms with Crippen molar-refractivity contribution < 1.29 is 35.2 Å². The number of nitrogens with zero attached hydrogens (tertiary/aromatic N) is 1. The first-order valence-corrected chi connectivity index (χ1v) is 19.2. The van der Waals surface area contributed by atoms with Gasteiger partial charge in [-0.1, -0.05) is 24.3 Å². The summed E-state index contributed by atoms with van der Waals surface area (Å²) in [7, 11) is -8.08. The lowest BCUT2D eigenvalue weighted by Gasteiger charge is -2.20. The van der Waals surface area contributed by atoms with Crippen LogP contribution in [-0.2, 0) is 56.8 Å². The van der Waals surface area contributed by atoms with E-state index in [1.165, 1.54) is 16.0 Å². The Morgan fingerprint density at radius 1 is 0.700 bits per heavy atom. The van der Waals surface area contributed by atoms with Crippen molar-refractivity contribution >= 4 is 37.4 Å². The number of fused-ring (bicyclic) bond motifs is 2. The van der Waals surface area contributed by atoms with Crippen LogP contribution in [0.5, 0.6) is 0 Å². The van der Waals surface area contributed by atoms with Gasteiger partial charge in [-0.2, -0.15) is 0 Å². The molecule has 0 aliphatic carbocycles. The zero-order chi connectivity index (χ0) is 35.9. The molecule has 4 N–H and O–H groups in total. The number of hydrogen-bond acceptors (Lipinski definition) is 8. The molecule has 0 bridgehead atoms. The van der Waals surface area contributed by atoms with Crippen molar-refractivity contribution in [1.29, 1.82) is 0 Å². The van der Waals surface area contributed by atoms with Crippen molar-refractivity contribution in [2.75, 3.05) is 37.7 Å². The van der Waals surface area contributed by atoms with Gasteiger partial charge in [0.1, 0.15) is 17.4 Å². The Bertz CT molecular complexity index is 2070. The van der Waals surface area contributed by atoms with Gasteiger partial charge in [-0.05, 0) is 127 Å². The summed E-state index contributed by atoms with van der Waals surface area (Å²) in [5, 5.41) is 3.37. The highest BCUT2D eigenvalue weighted by atomic mass is 32.2. The van der Waals surface area contributed by atoms with Gasteiger partial charge in [0.25, 0.3) is 10.0 Å². The monoisotopic (exact) mass is 724 g/mol. The molecule has 0 saturated carbocycles. The molecule has 4 aromatic carbocycles. The number of amides is 2. The molecule has 264 valence electrons. The number of ketones is 1. The highest BCUT2D eigenvalue weighted by molar-refractivity contribution is 7.92. The van der Waals surface area contributed by atoms with Crippen molar-refractivity contribution in [3.63, 3.8) is 0 Å². The first kappa shape index (κ1) is 36.6. The third-order valence-electron chi connectivity index (χ3n) is 8.50. The molecule has 0 spiro atoms. The SMILES string of the molecule is Nc1ccc2c(c1)CCNCC2.O=C(Cc1ccc2c(c1)CCN(C(=O)NS(=O)(=O)c1ccc(F)cc1)CC2)CS(=O)(=O)c1ccc(F)cc1. The molecule has 2 aliphatic rings. The lowest BCUT2D eigenvalue weighted by Crippen LogP contribution is -2.43. The van der Waals surface area contributed by atoms with Gasteiger partial charge in [-0.15, -0.1) is 0 Å². The summed E-state index contributed by atoms with van der Waals surface area (Å²) in [4.78, 5) is 26.2. The van der Waals surface area contributed by atoms with Gasteiger partial charge in [0, 0.05) is 25.2 Å². The van der Waals surface area contributed by atoms with Crippen LogP contribution in [0.1, 0.15) is 27.8 Å². The molecular weight excluding hydrogens is 687 g/mol. The van der Waals surface area contributed by atoms with Crippen LogP contribution >= 0.6 is 0 Å². The fourth-order valence-corrected chi connectivity index (χ4v) is 8.07. The van der Waals surface area contributed by atoms with E-state index in [2.05, 4.69) is 17.4 Å². The number of rotatable bonds is 7. The van der Waals surface area contributed by atoms with Crippen LogP contribution in [0.15, 0.2) is 94.7 Å². The second-order valence-electron chi connectivity index (χ2n) is 12.2. The average Bonchev–Trinajstić information content (AvgIpc) is 3.43. The maximum atomic E-state index is 13.1. The summed E-state index contributed by atoms with van der Waals surface area (Å²) in [6.07, 6.45) is 2.98. The number of Topliss-reactive ketones (excluding diaryl/α,β-unsaturated/α-hetero) is 1. The van der Waals surface area contributed by atoms with E-state index < -0.39 is 49.1 Å². The number of halogens is 2. The minimum absolute atomic E-state index is 0.117. The summed E-state index contributed by atoms with van der Waals surface area (Å²) >= 11 is 0. The minimum Gasteiger partial charge on any atom is -0.399 e. The largest absolute Gasteiger partial charge is 0.399 e. The molecule has 2 heterocycles. The fourth-order valence-electron chi connectivity index (χ4n) is 5.85. The maximum absolute atomic E-state index is 13.1. The molecule has 50 heavy (non-hydrogen) atoms. The number of carbonyl (C=O) groups excluding carboxylic acids is 2. The van der Waals surface area contributed by atoms with E-state index in [0.29, 0.717) is 18.4 Å². The quantitative estimate of drug-likeness (QED) is 0.191. The standard InChI is InChI=1S/C26H24F2N2O6S2.C10H14N2/c27-21-3-7-24(8-4-21)37(33,34)17-23(31)16-18-1-2-19-11-13-30(14-12-20(19)15-18)26(32)29-38(35,36)25-9-5-22(28)6-10-25;11-10-2-1-8-3-5-12-6-4-9(8)7-10/h1-10,15H,11-14,16-17H2,(H,29,32);1-2,7,12H,3-6,11H2. The second kappa shape index (κ2) is 15.9. The summed E-state index contributed by atoms with van der Waals surface area (Å²) in [6, 6.07) is 19.1. The predicted molar refractivity (Wildman–Crippen MR) is 186 cm³/mol. The molecule has 2 amide bonds. The smallest absolute Gasteiger partial charge is 0.331 e. The molecule has 10 nitrogen and oxygen atoms in total. The Labute approximate surface area is 290 Å². The number of nitrogens with one attached hydrogen (secondary N) is 2. The maximum Gasteiger partial charge on any atom is 0.331 e. The van der Waals surface area contributed by atoms with Gasteiger partial charge in [-0.3, -0.25) is 4.79 Å². The Kier molecular flexibility index (Phi) is 11.7. The first-order chi connectivity index (χ1) is 23.8. The molecule has 14 heteroatoms. The van der Waals surface area contributed by atoms with Crippen molar-refractivity contribution in [3.8, 4) is 0 Å². The highest BCUT2D eigenvalue weighted by Crippen LogP contribution is 2.21. The Morgan fingerprint density at radius 3 is 1.90 bits per heavy atom. The van der Waals surface area contributed by atoms with Crippen LogP contribution in [-0.4, -0.2) is 65.5 Å². The number of urea groups is 1. The predicted octanol–water partition coefficient (Wildman–Crippen LogP) is 4.01. The molecule has 0 atom stereocenters. The highest BCUT2D eigenvalue weighted by Gasteiger charge is 2.25. The summed E-state index contributed by atoms with van der Waals surface area (Å²) < 4.78 is 78.1. The van der Waals surface area contributed by atoms with E-state index in [4.69, 9.17) is 5.73 Å². The van der Waals surface area contributed by atoms with Gasteiger partial charge >= 0.3 is 6.03 Å². The summed E-state index contributed by atoms with van der Waals surface area (Å²) in [6.45, 7) is 2.65. The van der Waals surface area contributed by atoms with E-state index in [1.54, 1.807) is 12.1 Å². The van der Waals surface area contributed by atoms with E-state index in [-0.39, 0.29) is 29.3 Å². The molecule has 6 rings (SSSR count). The van der Waals surface area contributed by atoms with Gasteiger partial charge in [0.15, 0.2) is 15.6 Å². The van der Waals surface area contributed by atoms with Crippen LogP contribution < -0.4 is 15.8 Å². The molecule has 0 saturated heterocycles. The van der Waals surface area contributed by atoms with Gasteiger partial charge in [0.05, 0.1) is 9.79 Å². The van der Waals surface area contributed by atoms with Gasteiger partial charge in [0.2, 0.25) is 0 Å². The molecule has 0 aromatic heterocycles. The van der Waals surface area contributed by atoms with E-state index in [9.17, 15) is 35.2 Å². The van der Waals surface area contributed by atoms with E-state index >= 15 is 0 Å². The molecule has 2 aliphatic heterocycles. The second-order valence-corrected chi connectivity index (χ2v) is 15.8. The van der Waals surface area contributed by atoms with Crippen LogP contribution in [0.25, 0.3) is 0 Å². The normalized spacial score (nSPS) is 14.6. The number of carbonyl (C=O) groups is 2. The number of hydrogen-bond donors (Lipinski definition) is 3. The molecule has 4 aromatic rings. The fraction of sp³-hybridized carbons (Fsp3) is 0.278. The number of sulfonamides is 1. The van der Waals surface area contributed by atoms with Crippen LogP contribution in [0.2, 0.25) is 0 Å². The third kappa shape index (κ3) is 9.73. The molecule has 0 radical (unpaired) electrons. The number of sulfone groups is 1. The number of nitrogens with two attached hydrogens (primary N) is 1. The van der Waals surface area contributed by atoms with E-state index in [0.717, 1.165) is 91.3 Å². The number of benzene rings is 4. The first-order valence-electron chi connectivity index (χ1n) is 16.0. The van der Waals surface area contributed by atoms with Crippen molar-refractivity contribution in [1.82, 2.24) is 14.9 Å². The van der Waals surface area contributed by atoms with Crippen LogP contribution in [0.4, 0.5) is 19.3 Å². The van der Waals surface area contributed by atoms with E-state index in [1.807, 2.05) is 16.9 Å². The summed E-state index contributed by atoms with van der Waals surface area (Å²) in [5.74, 6) is -2.41. The minimum atomic E-state index is -4.18. The topological polar surface area (TPSA) is 156 Å². The Balaban J connectivity index is 0.000000338. The van der Waals surface area contributed by atoms with Crippen LogP contribution in [0, 0.1) is 11.6 Å². The van der Waals surface area contributed by atoms with Gasteiger partial charge in [-0.25, -0.2) is 35.1 Å². The van der Waals surface area contributed by atoms with Crippen molar-refractivity contribution in [2.45, 2.75) is 41.9 Å². The Hall–Kier alpha value is -4.66. The lowest BCUT2D eigenvalue weighted by atomic mass is 9.98. The summed E-state index contributed by atoms with van der Waals surface area (Å²) in [5.41, 5.74) is 11.9. The third-order valence-corrected chi connectivity index (χ3v) is 11.5. The lowest BCUT2D eigenvalue weighted by molar-refractivity contribution is -0.116. The Morgan fingerprint density at radius 2 is 1.24 bits per heavy atom. The zero-order valence-electron chi connectivity index (χ0n) is 27.2. The zero-order valence-corrected chi connectivity index (χ0v) is 28.8.